The first-order valence-electron chi connectivity index (χ1n) is 3.81. The zero-order valence-electron chi connectivity index (χ0n) is 7.14. The van der Waals surface area contributed by atoms with E-state index in [0.29, 0.717) is 6.54 Å². The zero-order valence-corrected chi connectivity index (χ0v) is 7.95. The third-order valence-corrected chi connectivity index (χ3v) is 2.62. The molecule has 2 heterocycles. The van der Waals surface area contributed by atoms with Gasteiger partial charge in [0.2, 0.25) is 0 Å². The Morgan fingerprint density at radius 3 is 3.00 bits per heavy atom. The second kappa shape index (κ2) is 3.23. The summed E-state index contributed by atoms with van der Waals surface area (Å²) in [4.78, 5) is 5.25. The largest absolute Gasteiger partial charge is 0.326 e. The minimum atomic E-state index is 0.526. The zero-order chi connectivity index (χ0) is 9.26. The molecule has 5 nitrogen and oxygen atoms in total. The van der Waals surface area contributed by atoms with Gasteiger partial charge in [0.1, 0.15) is 10.7 Å². The molecular formula is C7H9N5S. The van der Waals surface area contributed by atoms with Gasteiger partial charge in [-0.1, -0.05) is 5.21 Å². The van der Waals surface area contributed by atoms with E-state index in [1.807, 2.05) is 13.2 Å². The third-order valence-electron chi connectivity index (χ3n) is 1.58. The maximum absolute atomic E-state index is 5.48. The first-order chi connectivity index (χ1) is 6.29. The highest BCUT2D eigenvalue weighted by Crippen LogP contribution is 2.21. The van der Waals surface area contributed by atoms with E-state index in [1.165, 1.54) is 0 Å². The Hall–Kier alpha value is -1.27. The van der Waals surface area contributed by atoms with E-state index in [9.17, 15) is 0 Å². The highest BCUT2D eigenvalue weighted by atomic mass is 32.1. The van der Waals surface area contributed by atoms with E-state index < -0.39 is 0 Å². The molecule has 0 aliphatic rings. The van der Waals surface area contributed by atoms with Crippen LogP contribution in [0.1, 0.15) is 4.88 Å². The van der Waals surface area contributed by atoms with Gasteiger partial charge in [0.25, 0.3) is 0 Å². The molecule has 0 saturated heterocycles. The molecule has 0 aromatic carbocycles. The molecule has 13 heavy (non-hydrogen) atoms. The smallest absolute Gasteiger partial charge is 0.145 e. The highest BCUT2D eigenvalue weighted by Gasteiger charge is 2.06. The fourth-order valence-corrected chi connectivity index (χ4v) is 1.71. The van der Waals surface area contributed by atoms with E-state index in [2.05, 4.69) is 15.3 Å². The minimum absolute atomic E-state index is 0.526. The molecule has 0 fully saturated rings. The number of thiazole rings is 1. The number of aromatic nitrogens is 4. The molecule has 0 spiro atoms. The van der Waals surface area contributed by atoms with Crippen molar-refractivity contribution < 1.29 is 0 Å². The summed E-state index contributed by atoms with van der Waals surface area (Å²) < 4.78 is 1.65. The Labute approximate surface area is 79.2 Å². The molecule has 2 rings (SSSR count). The van der Waals surface area contributed by atoms with Crippen molar-refractivity contribution in [3.8, 4) is 10.7 Å². The van der Waals surface area contributed by atoms with Crippen LogP contribution in [-0.2, 0) is 13.6 Å². The van der Waals surface area contributed by atoms with E-state index in [4.69, 9.17) is 5.73 Å². The number of rotatable bonds is 2. The third kappa shape index (κ3) is 1.58. The lowest BCUT2D eigenvalue weighted by atomic mass is 10.5. The van der Waals surface area contributed by atoms with Crippen LogP contribution in [0, 0.1) is 0 Å². The predicted molar refractivity (Wildman–Crippen MR) is 50.0 cm³/mol. The molecule has 0 aliphatic carbocycles. The van der Waals surface area contributed by atoms with Crippen LogP contribution in [0.15, 0.2) is 12.4 Å². The lowest BCUT2D eigenvalue weighted by Gasteiger charge is -1.84. The molecule has 2 N–H and O–H groups in total. The van der Waals surface area contributed by atoms with Crippen molar-refractivity contribution in [1.82, 2.24) is 20.0 Å². The normalized spacial score (nSPS) is 10.6. The standard InChI is InChI=1S/C7H9N5S/c1-12-4-6(10-11-12)7-9-3-5(2-8)13-7/h3-4H,2,8H2,1H3. The lowest BCUT2D eigenvalue weighted by Crippen LogP contribution is -1.91. The van der Waals surface area contributed by atoms with Gasteiger partial charge in [-0.25, -0.2) is 4.98 Å². The number of aryl methyl sites for hydroxylation is 1. The van der Waals surface area contributed by atoms with Gasteiger partial charge in [-0.3, -0.25) is 4.68 Å². The Balaban J connectivity index is 2.35. The number of hydrogen-bond donors (Lipinski definition) is 1. The van der Waals surface area contributed by atoms with E-state index in [1.54, 1.807) is 22.2 Å². The Bertz CT molecular complexity index is 404. The van der Waals surface area contributed by atoms with Gasteiger partial charge in [0.05, 0.1) is 6.20 Å². The van der Waals surface area contributed by atoms with Crippen LogP contribution in [0.25, 0.3) is 10.7 Å². The predicted octanol–water partition coefficient (Wildman–Crippen LogP) is 0.397. The monoisotopic (exact) mass is 195 g/mol. The highest BCUT2D eigenvalue weighted by molar-refractivity contribution is 7.14. The molecule has 0 saturated carbocycles. The van der Waals surface area contributed by atoms with Crippen molar-refractivity contribution in [3.05, 3.63) is 17.3 Å². The lowest BCUT2D eigenvalue weighted by molar-refractivity contribution is 0.715. The van der Waals surface area contributed by atoms with Crippen molar-refractivity contribution in [2.45, 2.75) is 6.54 Å². The maximum atomic E-state index is 5.48. The quantitative estimate of drug-likeness (QED) is 0.753. The Morgan fingerprint density at radius 1 is 1.62 bits per heavy atom. The molecule has 0 amide bonds. The van der Waals surface area contributed by atoms with Crippen LogP contribution in [0.4, 0.5) is 0 Å². The molecule has 0 unspecified atom stereocenters. The average molecular weight is 195 g/mol. The second-order valence-corrected chi connectivity index (χ2v) is 3.73. The molecule has 0 bridgehead atoms. The van der Waals surface area contributed by atoms with Crippen LogP contribution in [0.2, 0.25) is 0 Å². The van der Waals surface area contributed by atoms with Crippen molar-refractivity contribution in [3.63, 3.8) is 0 Å². The topological polar surface area (TPSA) is 69.6 Å². The molecule has 0 aliphatic heterocycles. The number of nitrogens with two attached hydrogens (primary N) is 1. The summed E-state index contributed by atoms with van der Waals surface area (Å²) in [6.45, 7) is 0.526. The van der Waals surface area contributed by atoms with Crippen molar-refractivity contribution in [2.24, 2.45) is 12.8 Å². The van der Waals surface area contributed by atoms with Gasteiger partial charge in [0, 0.05) is 24.7 Å². The fraction of sp³-hybridized carbons (Fsp3) is 0.286. The van der Waals surface area contributed by atoms with E-state index in [0.717, 1.165) is 15.6 Å². The summed E-state index contributed by atoms with van der Waals surface area (Å²) in [6.07, 6.45) is 3.60. The number of hydrogen-bond acceptors (Lipinski definition) is 5. The van der Waals surface area contributed by atoms with Crippen molar-refractivity contribution in [2.75, 3.05) is 0 Å². The second-order valence-electron chi connectivity index (χ2n) is 2.61. The SMILES string of the molecule is Cn1cc(-c2ncc(CN)s2)nn1. The van der Waals surface area contributed by atoms with Gasteiger partial charge in [-0.2, -0.15) is 0 Å². The first kappa shape index (κ1) is 8.33. The van der Waals surface area contributed by atoms with Crippen LogP contribution < -0.4 is 5.73 Å². The summed E-state index contributed by atoms with van der Waals surface area (Å²) >= 11 is 1.55. The van der Waals surface area contributed by atoms with Crippen molar-refractivity contribution >= 4 is 11.3 Å². The Kier molecular flexibility index (Phi) is 2.07. The first-order valence-corrected chi connectivity index (χ1v) is 4.62. The van der Waals surface area contributed by atoms with Crippen molar-refractivity contribution in [1.29, 1.82) is 0 Å². The molecule has 2 aromatic rings. The van der Waals surface area contributed by atoms with Crippen LogP contribution in [0.5, 0.6) is 0 Å². The van der Waals surface area contributed by atoms with Gasteiger partial charge in [-0.15, -0.1) is 16.4 Å². The summed E-state index contributed by atoms with van der Waals surface area (Å²) in [5.74, 6) is 0. The molecule has 6 heteroatoms. The Morgan fingerprint density at radius 2 is 2.46 bits per heavy atom. The number of nitrogens with zero attached hydrogens (tertiary/aromatic N) is 4. The molecule has 0 radical (unpaired) electrons. The van der Waals surface area contributed by atoms with E-state index >= 15 is 0 Å². The van der Waals surface area contributed by atoms with Gasteiger partial charge >= 0.3 is 0 Å². The summed E-state index contributed by atoms with van der Waals surface area (Å²) in [5.41, 5.74) is 6.27. The fourth-order valence-electron chi connectivity index (χ4n) is 0.966. The van der Waals surface area contributed by atoms with Gasteiger partial charge < -0.3 is 5.73 Å². The minimum Gasteiger partial charge on any atom is -0.326 e. The van der Waals surface area contributed by atoms with Gasteiger partial charge in [0.15, 0.2) is 0 Å². The van der Waals surface area contributed by atoms with E-state index in [-0.39, 0.29) is 0 Å². The van der Waals surface area contributed by atoms with Crippen LogP contribution in [0.3, 0.4) is 0 Å². The molecule has 2 aromatic heterocycles. The van der Waals surface area contributed by atoms with Crippen LogP contribution >= 0.6 is 11.3 Å². The van der Waals surface area contributed by atoms with Gasteiger partial charge in [-0.05, 0) is 0 Å². The molecule has 68 valence electrons. The average Bonchev–Trinajstić information content (AvgIpc) is 2.71. The summed E-state index contributed by atoms with van der Waals surface area (Å²) in [5, 5.41) is 8.65. The van der Waals surface area contributed by atoms with Crippen LogP contribution in [-0.4, -0.2) is 20.0 Å². The summed E-state index contributed by atoms with van der Waals surface area (Å²) in [6, 6.07) is 0. The maximum Gasteiger partial charge on any atom is 0.145 e. The molecular weight excluding hydrogens is 186 g/mol. The summed E-state index contributed by atoms with van der Waals surface area (Å²) in [7, 11) is 1.83. The molecule has 0 atom stereocenters.